The summed E-state index contributed by atoms with van der Waals surface area (Å²) in [6, 6.07) is 13.9. The van der Waals surface area contributed by atoms with E-state index < -0.39 is 0 Å². The molecular weight excluding hydrogens is 380 g/mol. The average Bonchev–Trinajstić information content (AvgIpc) is 3.04. The third kappa shape index (κ3) is 4.32. The fourth-order valence-electron chi connectivity index (χ4n) is 2.71. The lowest BCUT2D eigenvalue weighted by Gasteiger charge is -2.12. The van der Waals surface area contributed by atoms with Crippen LogP contribution in [-0.4, -0.2) is 28.7 Å². The Morgan fingerprint density at radius 3 is 2.43 bits per heavy atom. The number of amides is 2. The van der Waals surface area contributed by atoms with Crippen LogP contribution in [0.15, 0.2) is 48.5 Å². The van der Waals surface area contributed by atoms with Gasteiger partial charge in [0.15, 0.2) is 0 Å². The molecule has 3 rings (SSSR count). The molecule has 3 aromatic rings. The van der Waals surface area contributed by atoms with Crippen LogP contribution in [0.25, 0.3) is 11.3 Å². The number of carbonyl (C=O) groups is 2. The van der Waals surface area contributed by atoms with Gasteiger partial charge in [0, 0.05) is 30.2 Å². The molecule has 1 aromatic heterocycles. The molecule has 1 heterocycles. The smallest absolute Gasteiger partial charge is 0.274 e. The SMILES string of the molecule is COc1ccc(NC(C)=O)cc1NC(=O)c1cc(-c2ccc(Cl)cc2)nn1C. The largest absolute Gasteiger partial charge is 0.495 e. The molecular formula is C20H19ClN4O3. The third-order valence-corrected chi connectivity index (χ3v) is 4.27. The van der Waals surface area contributed by atoms with Crippen molar-refractivity contribution in [2.24, 2.45) is 7.05 Å². The molecule has 2 N–H and O–H groups in total. The van der Waals surface area contributed by atoms with Crippen LogP contribution in [0.3, 0.4) is 0 Å². The molecule has 0 aliphatic heterocycles. The predicted octanol–water partition coefficient (Wildman–Crippen LogP) is 3.96. The van der Waals surface area contributed by atoms with Crippen molar-refractivity contribution in [1.82, 2.24) is 9.78 Å². The van der Waals surface area contributed by atoms with Crippen LogP contribution < -0.4 is 15.4 Å². The number of ether oxygens (including phenoxy) is 1. The first-order valence-corrected chi connectivity index (χ1v) is 8.82. The van der Waals surface area contributed by atoms with Gasteiger partial charge in [-0.25, -0.2) is 0 Å². The van der Waals surface area contributed by atoms with Crippen molar-refractivity contribution in [2.45, 2.75) is 6.92 Å². The summed E-state index contributed by atoms with van der Waals surface area (Å²) in [5.74, 6) is -0.0854. The number of anilines is 2. The number of nitrogens with one attached hydrogen (secondary N) is 2. The molecule has 8 heteroatoms. The van der Waals surface area contributed by atoms with E-state index in [2.05, 4.69) is 15.7 Å². The second-order valence-electron chi connectivity index (χ2n) is 6.10. The van der Waals surface area contributed by atoms with E-state index in [9.17, 15) is 9.59 Å². The zero-order valence-electron chi connectivity index (χ0n) is 15.6. The maximum Gasteiger partial charge on any atom is 0.274 e. The van der Waals surface area contributed by atoms with Crippen LogP contribution in [0.4, 0.5) is 11.4 Å². The lowest BCUT2D eigenvalue weighted by Crippen LogP contribution is -2.17. The Labute approximate surface area is 167 Å². The maximum absolute atomic E-state index is 12.8. The highest BCUT2D eigenvalue weighted by molar-refractivity contribution is 6.30. The molecule has 0 atom stereocenters. The molecule has 2 amide bonds. The Morgan fingerprint density at radius 1 is 1.07 bits per heavy atom. The van der Waals surface area contributed by atoms with Crippen molar-refractivity contribution in [2.75, 3.05) is 17.7 Å². The van der Waals surface area contributed by atoms with E-state index in [0.29, 0.717) is 33.5 Å². The summed E-state index contributed by atoms with van der Waals surface area (Å²) in [5, 5.41) is 10.5. The van der Waals surface area contributed by atoms with Crippen molar-refractivity contribution in [3.8, 4) is 17.0 Å². The predicted molar refractivity (Wildman–Crippen MR) is 109 cm³/mol. The average molecular weight is 399 g/mol. The lowest BCUT2D eigenvalue weighted by atomic mass is 10.1. The third-order valence-electron chi connectivity index (χ3n) is 4.02. The Hall–Kier alpha value is -3.32. The summed E-state index contributed by atoms with van der Waals surface area (Å²) in [5.41, 5.74) is 2.87. The minimum absolute atomic E-state index is 0.207. The van der Waals surface area contributed by atoms with E-state index in [4.69, 9.17) is 16.3 Å². The fraction of sp³-hybridized carbons (Fsp3) is 0.150. The normalized spacial score (nSPS) is 10.4. The molecule has 28 heavy (non-hydrogen) atoms. The van der Waals surface area contributed by atoms with Crippen molar-refractivity contribution < 1.29 is 14.3 Å². The fourth-order valence-corrected chi connectivity index (χ4v) is 2.84. The first kappa shape index (κ1) is 19.4. The number of aryl methyl sites for hydroxylation is 1. The molecule has 0 saturated carbocycles. The number of methoxy groups -OCH3 is 1. The van der Waals surface area contributed by atoms with Gasteiger partial charge in [-0.2, -0.15) is 5.10 Å². The summed E-state index contributed by atoms with van der Waals surface area (Å²) >= 11 is 5.92. The minimum atomic E-state index is -0.353. The summed E-state index contributed by atoms with van der Waals surface area (Å²) in [7, 11) is 3.20. The van der Waals surface area contributed by atoms with Gasteiger partial charge in [-0.15, -0.1) is 0 Å². The quantitative estimate of drug-likeness (QED) is 0.681. The van der Waals surface area contributed by atoms with Crippen molar-refractivity contribution in [3.63, 3.8) is 0 Å². The molecule has 0 aliphatic rings. The summed E-state index contributed by atoms with van der Waals surface area (Å²) in [6.07, 6.45) is 0. The van der Waals surface area contributed by atoms with Crippen LogP contribution in [0.5, 0.6) is 5.75 Å². The highest BCUT2D eigenvalue weighted by atomic mass is 35.5. The van der Waals surface area contributed by atoms with E-state index in [-0.39, 0.29) is 11.8 Å². The second kappa shape index (κ2) is 8.14. The van der Waals surface area contributed by atoms with Crippen molar-refractivity contribution in [3.05, 3.63) is 59.2 Å². The summed E-state index contributed by atoms with van der Waals surface area (Å²) in [6.45, 7) is 1.41. The number of benzene rings is 2. The minimum Gasteiger partial charge on any atom is -0.495 e. The molecule has 0 aliphatic carbocycles. The van der Waals surface area contributed by atoms with Crippen LogP contribution >= 0.6 is 11.6 Å². The first-order chi connectivity index (χ1) is 13.4. The molecule has 0 bridgehead atoms. The Kier molecular flexibility index (Phi) is 5.65. The zero-order valence-corrected chi connectivity index (χ0v) is 16.4. The number of rotatable bonds is 5. The number of carbonyl (C=O) groups excluding carboxylic acids is 2. The van der Waals surface area contributed by atoms with E-state index in [0.717, 1.165) is 5.56 Å². The number of hydrogen-bond acceptors (Lipinski definition) is 4. The lowest BCUT2D eigenvalue weighted by molar-refractivity contribution is -0.114. The van der Waals surface area contributed by atoms with Gasteiger partial charge in [-0.3, -0.25) is 14.3 Å². The molecule has 144 valence electrons. The van der Waals surface area contributed by atoms with Gasteiger partial charge in [0.1, 0.15) is 11.4 Å². The Bertz CT molecular complexity index is 1030. The molecule has 7 nitrogen and oxygen atoms in total. The summed E-state index contributed by atoms with van der Waals surface area (Å²) < 4.78 is 6.80. The molecule has 2 aromatic carbocycles. The van der Waals surface area contributed by atoms with E-state index >= 15 is 0 Å². The van der Waals surface area contributed by atoms with Crippen LogP contribution in [0.2, 0.25) is 5.02 Å². The number of nitrogens with zero attached hydrogens (tertiary/aromatic N) is 2. The van der Waals surface area contributed by atoms with Gasteiger partial charge < -0.3 is 15.4 Å². The van der Waals surface area contributed by atoms with Crippen molar-refractivity contribution >= 4 is 34.8 Å². The summed E-state index contributed by atoms with van der Waals surface area (Å²) in [4.78, 5) is 24.1. The highest BCUT2D eigenvalue weighted by Crippen LogP contribution is 2.29. The van der Waals surface area contributed by atoms with Gasteiger partial charge in [0.25, 0.3) is 5.91 Å². The molecule has 0 fully saturated rings. The van der Waals surface area contributed by atoms with Crippen LogP contribution in [0.1, 0.15) is 17.4 Å². The van der Waals surface area contributed by atoms with E-state index in [1.165, 1.54) is 18.7 Å². The van der Waals surface area contributed by atoms with Gasteiger partial charge in [-0.05, 0) is 36.4 Å². The van der Waals surface area contributed by atoms with Crippen LogP contribution in [-0.2, 0) is 11.8 Å². The Balaban J connectivity index is 1.87. The topological polar surface area (TPSA) is 85.2 Å². The number of hydrogen-bond donors (Lipinski definition) is 2. The Morgan fingerprint density at radius 2 is 1.79 bits per heavy atom. The molecule has 0 saturated heterocycles. The number of aromatic nitrogens is 2. The monoisotopic (exact) mass is 398 g/mol. The van der Waals surface area contributed by atoms with Gasteiger partial charge in [-0.1, -0.05) is 23.7 Å². The second-order valence-corrected chi connectivity index (χ2v) is 6.53. The van der Waals surface area contributed by atoms with Gasteiger partial charge >= 0.3 is 0 Å². The molecule has 0 unspecified atom stereocenters. The standard InChI is InChI=1S/C20H19ClN4O3/c1-12(26)22-15-8-9-19(28-3)17(10-15)23-20(27)18-11-16(24-25(18)2)13-4-6-14(21)7-5-13/h4-11H,1-3H3,(H,22,26)(H,23,27). The van der Waals surface area contributed by atoms with Gasteiger partial charge in [0.2, 0.25) is 5.91 Å². The van der Waals surface area contributed by atoms with Crippen molar-refractivity contribution in [1.29, 1.82) is 0 Å². The van der Waals surface area contributed by atoms with Gasteiger partial charge in [0.05, 0.1) is 18.5 Å². The maximum atomic E-state index is 12.8. The van der Waals surface area contributed by atoms with E-state index in [1.54, 1.807) is 43.4 Å². The number of halogens is 1. The first-order valence-electron chi connectivity index (χ1n) is 8.44. The van der Waals surface area contributed by atoms with Crippen LogP contribution in [0, 0.1) is 0 Å². The highest BCUT2D eigenvalue weighted by Gasteiger charge is 2.17. The zero-order chi connectivity index (χ0) is 20.3. The van der Waals surface area contributed by atoms with E-state index in [1.807, 2.05) is 12.1 Å². The molecule has 0 radical (unpaired) electrons. The molecule has 0 spiro atoms.